The van der Waals surface area contributed by atoms with Gasteiger partial charge in [0.1, 0.15) is 43.2 Å². The Morgan fingerprint density at radius 2 is 1.58 bits per heavy atom. The molecule has 0 aromatic carbocycles. The van der Waals surface area contributed by atoms with Crippen LogP contribution in [0, 0.1) is 17.8 Å². The van der Waals surface area contributed by atoms with Gasteiger partial charge in [0.2, 0.25) is 6.29 Å². The third-order valence-corrected chi connectivity index (χ3v) is 8.03. The first-order valence-corrected chi connectivity index (χ1v) is 14.6. The molecule has 254 valence electrons. The van der Waals surface area contributed by atoms with E-state index in [1.807, 2.05) is 0 Å². The van der Waals surface area contributed by atoms with Crippen LogP contribution in [-0.4, -0.2) is 114 Å². The van der Waals surface area contributed by atoms with Gasteiger partial charge in [-0.3, -0.25) is 24.0 Å². The van der Waals surface area contributed by atoms with E-state index in [1.54, 1.807) is 13.8 Å². The Morgan fingerprint density at radius 3 is 2.16 bits per heavy atom. The van der Waals surface area contributed by atoms with Crippen molar-refractivity contribution >= 4 is 29.8 Å². The standard InChI is InChI=1S/C29H42O16/c1-7-13(2)26(36)45-27-22-19(8-21(42-16(5)32)29(22,37)12-41-15(4)31)18(9-39-27)10-40-28-25(43-17(6)33)24(35)23(34)20(44-28)11-38-14(3)30/h9,13,19-25,27-28,34-35,37H,7-8,10-12H2,1-6H3/t13?,19-,20-,21+,22-,23-,24+,25-,27+,28-,29-/m1/s1. The van der Waals surface area contributed by atoms with Gasteiger partial charge in [-0.25, -0.2) is 0 Å². The lowest BCUT2D eigenvalue weighted by Gasteiger charge is -2.42. The first-order valence-electron chi connectivity index (χ1n) is 14.6. The van der Waals surface area contributed by atoms with Crippen LogP contribution < -0.4 is 0 Å². The number of aliphatic hydroxyl groups is 3. The van der Waals surface area contributed by atoms with Crippen molar-refractivity contribution in [1.82, 2.24) is 0 Å². The highest BCUT2D eigenvalue weighted by Gasteiger charge is 2.63. The van der Waals surface area contributed by atoms with E-state index in [9.17, 15) is 39.3 Å². The van der Waals surface area contributed by atoms with Crippen LogP contribution in [-0.2, 0) is 61.9 Å². The molecule has 3 rings (SSSR count). The van der Waals surface area contributed by atoms with Crippen LogP contribution in [0.1, 0.15) is 54.4 Å². The van der Waals surface area contributed by atoms with Crippen molar-refractivity contribution in [2.24, 2.45) is 17.8 Å². The van der Waals surface area contributed by atoms with E-state index in [0.29, 0.717) is 12.0 Å². The predicted molar refractivity (Wildman–Crippen MR) is 146 cm³/mol. The normalized spacial score (nSPS) is 34.7. The molecule has 16 nitrogen and oxygen atoms in total. The SMILES string of the molecule is CCC(C)C(=O)O[C@@H]1OC=C(CO[C@@H]2O[C@H](COC(C)=O)[C@@H](O)[C@H](O)[C@H]2OC(C)=O)[C@H]2C[C@H](OC(C)=O)[C@](O)(COC(C)=O)[C@@H]12. The molecule has 3 N–H and O–H groups in total. The highest BCUT2D eigenvalue weighted by Crippen LogP contribution is 2.51. The maximum Gasteiger partial charge on any atom is 0.311 e. The number of rotatable bonds is 12. The molecule has 1 saturated carbocycles. The van der Waals surface area contributed by atoms with E-state index in [2.05, 4.69) is 0 Å². The second-order valence-electron chi connectivity index (χ2n) is 11.4. The van der Waals surface area contributed by atoms with E-state index >= 15 is 0 Å². The summed E-state index contributed by atoms with van der Waals surface area (Å²) in [7, 11) is 0. The number of carbonyl (C=O) groups excluding carboxylic acids is 5. The van der Waals surface area contributed by atoms with Gasteiger partial charge >= 0.3 is 29.8 Å². The molecule has 0 amide bonds. The van der Waals surface area contributed by atoms with Gasteiger partial charge in [0, 0.05) is 33.6 Å². The van der Waals surface area contributed by atoms with Gasteiger partial charge in [-0.1, -0.05) is 13.8 Å². The summed E-state index contributed by atoms with van der Waals surface area (Å²) in [5.41, 5.74) is -1.70. The minimum absolute atomic E-state index is 0.0206. The maximum atomic E-state index is 12.8. The van der Waals surface area contributed by atoms with Crippen molar-refractivity contribution < 1.29 is 77.2 Å². The second kappa shape index (κ2) is 15.3. The molecule has 1 saturated heterocycles. The van der Waals surface area contributed by atoms with Crippen LogP contribution in [0.4, 0.5) is 0 Å². The number of hydrogen-bond donors (Lipinski definition) is 3. The molecule has 0 aromatic heterocycles. The van der Waals surface area contributed by atoms with Gasteiger partial charge in [0.25, 0.3) is 0 Å². The monoisotopic (exact) mass is 646 g/mol. The molecule has 1 unspecified atom stereocenters. The molecule has 2 heterocycles. The summed E-state index contributed by atoms with van der Waals surface area (Å²) in [4.78, 5) is 59.6. The van der Waals surface area contributed by atoms with E-state index in [1.165, 1.54) is 6.26 Å². The molecular weight excluding hydrogens is 604 g/mol. The van der Waals surface area contributed by atoms with E-state index in [0.717, 1.165) is 27.7 Å². The smallest absolute Gasteiger partial charge is 0.311 e. The molecule has 11 atom stereocenters. The number of esters is 5. The topological polar surface area (TPSA) is 220 Å². The van der Waals surface area contributed by atoms with Crippen molar-refractivity contribution in [2.45, 2.75) is 103 Å². The third-order valence-electron chi connectivity index (χ3n) is 8.03. The molecule has 2 aliphatic heterocycles. The molecular formula is C29H42O16. The molecule has 3 aliphatic rings. The van der Waals surface area contributed by atoms with Gasteiger partial charge in [-0.15, -0.1) is 0 Å². The quantitative estimate of drug-likeness (QED) is 0.182. The Labute approximate surface area is 259 Å². The minimum Gasteiger partial charge on any atom is -0.463 e. The molecule has 16 heteroatoms. The zero-order valence-electron chi connectivity index (χ0n) is 26.0. The number of ether oxygens (including phenoxy) is 8. The van der Waals surface area contributed by atoms with Crippen LogP contribution in [0.5, 0.6) is 0 Å². The van der Waals surface area contributed by atoms with Gasteiger partial charge in [-0.05, 0) is 18.4 Å². The summed E-state index contributed by atoms with van der Waals surface area (Å²) in [6.07, 6.45) is -8.39. The Bertz CT molecular complexity index is 1140. The second-order valence-corrected chi connectivity index (χ2v) is 11.4. The van der Waals surface area contributed by atoms with Crippen molar-refractivity contribution in [2.75, 3.05) is 19.8 Å². The zero-order chi connectivity index (χ0) is 33.6. The van der Waals surface area contributed by atoms with E-state index < -0.39 is 110 Å². The molecule has 0 spiro atoms. The Kier molecular flexibility index (Phi) is 12.3. The van der Waals surface area contributed by atoms with Gasteiger partial charge in [-0.2, -0.15) is 0 Å². The van der Waals surface area contributed by atoms with Crippen LogP contribution in [0.15, 0.2) is 11.8 Å². The van der Waals surface area contributed by atoms with Gasteiger partial charge in [0.15, 0.2) is 12.4 Å². The lowest BCUT2D eigenvalue weighted by molar-refractivity contribution is -0.303. The first kappa shape index (κ1) is 36.2. The molecule has 2 fully saturated rings. The summed E-state index contributed by atoms with van der Waals surface area (Å²) < 4.78 is 43.7. The summed E-state index contributed by atoms with van der Waals surface area (Å²) >= 11 is 0. The largest absolute Gasteiger partial charge is 0.463 e. The van der Waals surface area contributed by atoms with Crippen molar-refractivity contribution in [3.8, 4) is 0 Å². The van der Waals surface area contributed by atoms with E-state index in [-0.39, 0.29) is 13.0 Å². The number of hydrogen-bond acceptors (Lipinski definition) is 16. The van der Waals surface area contributed by atoms with E-state index in [4.69, 9.17) is 37.9 Å². The zero-order valence-corrected chi connectivity index (χ0v) is 26.0. The lowest BCUT2D eigenvalue weighted by Crippen LogP contribution is -2.60. The van der Waals surface area contributed by atoms with Crippen molar-refractivity contribution in [3.05, 3.63) is 11.8 Å². The Morgan fingerprint density at radius 1 is 0.933 bits per heavy atom. The number of carbonyl (C=O) groups is 5. The maximum absolute atomic E-state index is 12.8. The average molecular weight is 647 g/mol. The van der Waals surface area contributed by atoms with Crippen LogP contribution in [0.2, 0.25) is 0 Å². The number of aliphatic hydroxyl groups excluding tert-OH is 2. The summed E-state index contributed by atoms with van der Waals surface area (Å²) in [6.45, 7) is 6.57. The highest BCUT2D eigenvalue weighted by atomic mass is 16.7. The molecule has 1 aliphatic carbocycles. The Balaban J connectivity index is 1.93. The molecule has 0 radical (unpaired) electrons. The lowest BCUT2D eigenvalue weighted by atomic mass is 9.80. The van der Waals surface area contributed by atoms with Crippen molar-refractivity contribution in [1.29, 1.82) is 0 Å². The third kappa shape index (κ3) is 8.70. The predicted octanol–water partition coefficient (Wildman–Crippen LogP) is -0.364. The highest BCUT2D eigenvalue weighted by molar-refractivity contribution is 5.72. The molecule has 0 aromatic rings. The summed E-state index contributed by atoms with van der Waals surface area (Å²) in [6, 6.07) is 0. The first-order chi connectivity index (χ1) is 21.1. The molecule has 45 heavy (non-hydrogen) atoms. The minimum atomic E-state index is -2.06. The van der Waals surface area contributed by atoms with Crippen LogP contribution in [0.3, 0.4) is 0 Å². The van der Waals surface area contributed by atoms with Crippen molar-refractivity contribution in [3.63, 3.8) is 0 Å². The van der Waals surface area contributed by atoms with Crippen LogP contribution >= 0.6 is 0 Å². The fraction of sp³-hybridized carbons (Fsp3) is 0.759. The fourth-order valence-electron chi connectivity index (χ4n) is 5.55. The summed E-state index contributed by atoms with van der Waals surface area (Å²) in [5, 5.41) is 33.1. The molecule has 0 bridgehead atoms. The van der Waals surface area contributed by atoms with Gasteiger partial charge < -0.3 is 53.2 Å². The van der Waals surface area contributed by atoms with Gasteiger partial charge in [0.05, 0.1) is 24.7 Å². The summed E-state index contributed by atoms with van der Waals surface area (Å²) in [5.74, 6) is -5.86. The number of fused-ring (bicyclic) bond motifs is 1. The van der Waals surface area contributed by atoms with Crippen LogP contribution in [0.25, 0.3) is 0 Å². The average Bonchev–Trinajstić information content (AvgIpc) is 3.25. The fourth-order valence-corrected chi connectivity index (χ4v) is 5.55. The Hall–Kier alpha value is -3.31.